The number of hydrogen-bond acceptors (Lipinski definition) is 2. The molecule has 0 unspecified atom stereocenters. The van der Waals surface area contributed by atoms with E-state index in [2.05, 4.69) is 13.2 Å². The van der Waals surface area contributed by atoms with Crippen LogP contribution in [-0.4, -0.2) is 16.4 Å². The van der Waals surface area contributed by atoms with Gasteiger partial charge in [0.2, 0.25) is 17.7 Å². The number of nitrogens with zero attached hydrogens (tertiary/aromatic N) is 2. The fraction of sp³-hybridized carbons (Fsp3) is 0.182. The highest BCUT2D eigenvalue weighted by atomic mass is 16.2. The number of hydrogen-bond donors (Lipinski definition) is 2. The van der Waals surface area contributed by atoms with Gasteiger partial charge in [-0.15, -0.1) is 0 Å². The second-order valence-corrected chi connectivity index (χ2v) is 3.42. The van der Waals surface area contributed by atoms with Gasteiger partial charge >= 0.3 is 0 Å². The molecule has 0 bridgehead atoms. The molecule has 90 valence electrons. The molecule has 6 heteroatoms. The molecule has 0 aliphatic heterocycles. The first-order valence-electron chi connectivity index (χ1n) is 4.96. The van der Waals surface area contributed by atoms with E-state index in [0.29, 0.717) is 13.1 Å². The molecule has 1 heterocycles. The van der Waals surface area contributed by atoms with Gasteiger partial charge in [0, 0.05) is 0 Å². The number of carbonyl (C=O) groups excluding carboxylic acids is 2. The molecule has 17 heavy (non-hydrogen) atoms. The minimum Gasteiger partial charge on any atom is -0.362 e. The number of imidazole rings is 1. The van der Waals surface area contributed by atoms with Crippen LogP contribution >= 0.6 is 0 Å². The van der Waals surface area contributed by atoms with Gasteiger partial charge < -0.3 is 11.5 Å². The van der Waals surface area contributed by atoms with Crippen molar-refractivity contribution in [1.82, 2.24) is 4.57 Å². The molecule has 6 nitrogen and oxygen atoms in total. The Balaban J connectivity index is 3.47. The number of carbonyl (C=O) groups is 2. The number of rotatable bonds is 6. The first kappa shape index (κ1) is 12.7. The molecule has 4 N–H and O–H groups in total. The highest BCUT2D eigenvalue weighted by Gasteiger charge is 2.30. The summed E-state index contributed by atoms with van der Waals surface area (Å²) in [6, 6.07) is 0. The Labute approximate surface area is 98.8 Å². The first-order valence-corrected chi connectivity index (χ1v) is 4.96. The highest BCUT2D eigenvalue weighted by Crippen LogP contribution is 2.05. The number of aromatic nitrogens is 2. The van der Waals surface area contributed by atoms with Gasteiger partial charge in [0.1, 0.15) is 13.1 Å². The Morgan fingerprint density at radius 3 is 2.35 bits per heavy atom. The molecule has 0 saturated heterocycles. The fourth-order valence-electron chi connectivity index (χ4n) is 1.63. The predicted molar refractivity (Wildman–Crippen MR) is 62.1 cm³/mol. The van der Waals surface area contributed by atoms with Crippen molar-refractivity contribution in [3.63, 3.8) is 0 Å². The van der Waals surface area contributed by atoms with Crippen LogP contribution in [-0.2, 0) is 13.1 Å². The molecule has 0 radical (unpaired) electrons. The molecular formula is C11H15N4O2+. The van der Waals surface area contributed by atoms with Crippen LogP contribution in [0.25, 0.3) is 0 Å². The number of allylic oxidation sites excluding steroid dienone is 2. The Morgan fingerprint density at radius 2 is 1.94 bits per heavy atom. The van der Waals surface area contributed by atoms with Crippen LogP contribution in [0.3, 0.4) is 0 Å². The lowest BCUT2D eigenvalue weighted by Crippen LogP contribution is -2.40. The Hall–Kier alpha value is -2.37. The predicted octanol–water partition coefficient (Wildman–Crippen LogP) is -0.655. The van der Waals surface area contributed by atoms with Crippen LogP contribution < -0.4 is 16.0 Å². The third-order valence-electron chi connectivity index (χ3n) is 2.20. The molecule has 1 rings (SSSR count). The van der Waals surface area contributed by atoms with E-state index in [1.54, 1.807) is 18.5 Å². The summed E-state index contributed by atoms with van der Waals surface area (Å²) in [7, 11) is 0. The largest absolute Gasteiger partial charge is 0.362 e. The van der Waals surface area contributed by atoms with Gasteiger partial charge in [-0.25, -0.2) is 9.13 Å². The van der Waals surface area contributed by atoms with Crippen molar-refractivity contribution < 1.29 is 14.2 Å². The summed E-state index contributed by atoms with van der Waals surface area (Å²) in [6.45, 7) is 7.86. The Bertz CT molecular complexity index is 445. The maximum atomic E-state index is 11.4. The average molecular weight is 235 g/mol. The van der Waals surface area contributed by atoms with Crippen molar-refractivity contribution in [3.05, 3.63) is 43.0 Å². The molecule has 1 aromatic rings. The second-order valence-electron chi connectivity index (χ2n) is 3.42. The normalized spacial score (nSPS) is 9.88. The molecule has 0 spiro atoms. The molecule has 2 amide bonds. The number of primary amides is 2. The molecule has 0 aliphatic rings. The van der Waals surface area contributed by atoms with Crippen LogP contribution in [0.5, 0.6) is 0 Å². The zero-order valence-corrected chi connectivity index (χ0v) is 9.43. The van der Waals surface area contributed by atoms with Crippen molar-refractivity contribution in [1.29, 1.82) is 0 Å². The van der Waals surface area contributed by atoms with Crippen LogP contribution in [0.4, 0.5) is 0 Å². The van der Waals surface area contributed by atoms with E-state index >= 15 is 0 Å². The van der Waals surface area contributed by atoms with Crippen LogP contribution in [0.1, 0.15) is 21.0 Å². The monoisotopic (exact) mass is 235 g/mol. The zero-order valence-electron chi connectivity index (χ0n) is 9.43. The minimum atomic E-state index is -0.705. The maximum Gasteiger partial charge on any atom is 0.293 e. The van der Waals surface area contributed by atoms with Crippen LogP contribution in [0, 0.1) is 0 Å². The molecule has 0 aliphatic carbocycles. The number of amides is 2. The van der Waals surface area contributed by atoms with Gasteiger partial charge in [0.05, 0.1) is 0 Å². The summed E-state index contributed by atoms with van der Waals surface area (Å²) in [5.74, 6) is -1.41. The minimum absolute atomic E-state index is 0.0826. The zero-order chi connectivity index (χ0) is 13.0. The van der Waals surface area contributed by atoms with E-state index in [-0.39, 0.29) is 11.4 Å². The molecule has 1 aromatic heterocycles. The lowest BCUT2D eigenvalue weighted by molar-refractivity contribution is -0.688. The first-order chi connectivity index (χ1) is 8.02. The second kappa shape index (κ2) is 5.11. The van der Waals surface area contributed by atoms with Gasteiger partial charge in [0.15, 0.2) is 0 Å². The van der Waals surface area contributed by atoms with Crippen molar-refractivity contribution in [2.75, 3.05) is 0 Å². The van der Waals surface area contributed by atoms with Gasteiger partial charge in [-0.2, -0.15) is 0 Å². The Kier molecular flexibility index (Phi) is 3.82. The number of nitrogens with two attached hydrogens (primary N) is 2. The summed E-state index contributed by atoms with van der Waals surface area (Å²) in [6.07, 6.45) is 4.77. The van der Waals surface area contributed by atoms with Crippen LogP contribution in [0.15, 0.2) is 31.6 Å². The third kappa shape index (κ3) is 2.41. The molecule has 0 aromatic carbocycles. The van der Waals surface area contributed by atoms with Gasteiger partial charge in [0.25, 0.3) is 11.8 Å². The van der Waals surface area contributed by atoms with E-state index in [0.717, 1.165) is 0 Å². The quantitative estimate of drug-likeness (QED) is 0.506. The van der Waals surface area contributed by atoms with Gasteiger partial charge in [-0.3, -0.25) is 9.59 Å². The van der Waals surface area contributed by atoms with Gasteiger partial charge in [-0.1, -0.05) is 25.3 Å². The lowest BCUT2D eigenvalue weighted by atomic mass is 10.3. The molecule has 0 saturated carbocycles. The molecule has 0 atom stereocenters. The average Bonchev–Trinajstić information content (AvgIpc) is 2.58. The van der Waals surface area contributed by atoms with Crippen molar-refractivity contribution in [2.45, 2.75) is 13.1 Å². The van der Waals surface area contributed by atoms with E-state index in [1.165, 1.54) is 9.13 Å². The highest BCUT2D eigenvalue weighted by molar-refractivity contribution is 6.02. The fourth-order valence-corrected chi connectivity index (χ4v) is 1.63. The summed E-state index contributed by atoms with van der Waals surface area (Å²) < 4.78 is 3.05. The molecule has 0 fully saturated rings. The van der Waals surface area contributed by atoms with Gasteiger partial charge in [-0.05, 0) is 0 Å². The van der Waals surface area contributed by atoms with Crippen molar-refractivity contribution >= 4 is 11.8 Å². The summed E-state index contributed by atoms with van der Waals surface area (Å²) in [5, 5.41) is 0. The summed E-state index contributed by atoms with van der Waals surface area (Å²) in [5.41, 5.74) is 10.7. The lowest BCUT2D eigenvalue weighted by Gasteiger charge is -1.96. The van der Waals surface area contributed by atoms with Crippen molar-refractivity contribution in [2.24, 2.45) is 11.5 Å². The van der Waals surface area contributed by atoms with E-state index in [9.17, 15) is 9.59 Å². The SMILES string of the molecule is C=CCn1c[n+](CC=C)c(C(N)=O)c1C(N)=O. The van der Waals surface area contributed by atoms with E-state index in [1.807, 2.05) is 0 Å². The summed E-state index contributed by atoms with van der Waals surface area (Å²) in [4.78, 5) is 22.7. The van der Waals surface area contributed by atoms with E-state index < -0.39 is 11.8 Å². The smallest absolute Gasteiger partial charge is 0.293 e. The van der Waals surface area contributed by atoms with Crippen molar-refractivity contribution in [3.8, 4) is 0 Å². The topological polar surface area (TPSA) is 95.0 Å². The molecular weight excluding hydrogens is 220 g/mol. The summed E-state index contributed by atoms with van der Waals surface area (Å²) >= 11 is 0. The van der Waals surface area contributed by atoms with E-state index in [4.69, 9.17) is 11.5 Å². The maximum absolute atomic E-state index is 11.4. The third-order valence-corrected chi connectivity index (χ3v) is 2.20. The Morgan fingerprint density at radius 1 is 1.29 bits per heavy atom. The van der Waals surface area contributed by atoms with Crippen LogP contribution in [0.2, 0.25) is 0 Å². The standard InChI is InChI=1S/C11H14N4O2/c1-3-5-14-7-15(6-4-2)9(11(13)17)8(14)10(12)16/h3-4,7H,1-2,5-6H2,(H3-,12,13,16,17)/p+1.